The van der Waals surface area contributed by atoms with E-state index in [0.29, 0.717) is 13.0 Å². The van der Waals surface area contributed by atoms with Crippen molar-refractivity contribution in [1.82, 2.24) is 0 Å². The van der Waals surface area contributed by atoms with E-state index in [1.54, 1.807) is 0 Å². The van der Waals surface area contributed by atoms with Crippen LogP contribution in [0.25, 0.3) is 0 Å². The molecule has 0 aromatic heterocycles. The summed E-state index contributed by atoms with van der Waals surface area (Å²) in [5, 5.41) is 9.58. The van der Waals surface area contributed by atoms with Gasteiger partial charge in [-0.2, -0.15) is 0 Å². The standard InChI is InChI=1S/C43H78O4/c1-3-5-7-9-11-13-15-17-19-20-21-22-23-25-27-29-31-33-35-37-39-46-41-42(40-44)47-43(45)38-36-34-32-30-28-26-24-18-16-14-12-10-8-6-4-2/h11-14,17-19,24,42,44H,3-10,15-16,20-23,25-41H2,1-2H3/b13-11-,14-12-,19-17-,24-18-. The van der Waals surface area contributed by atoms with Gasteiger partial charge >= 0.3 is 5.97 Å². The molecule has 1 N–H and O–H groups in total. The Bertz CT molecular complexity index is 738. The molecule has 4 nitrogen and oxygen atoms in total. The van der Waals surface area contributed by atoms with Crippen LogP contribution in [-0.4, -0.2) is 37.0 Å². The lowest BCUT2D eigenvalue weighted by atomic mass is 10.1. The van der Waals surface area contributed by atoms with Crippen molar-refractivity contribution in [3.05, 3.63) is 48.6 Å². The number of carbonyl (C=O) groups excluding carboxylic acids is 1. The topological polar surface area (TPSA) is 55.8 Å². The first kappa shape index (κ1) is 45.3. The van der Waals surface area contributed by atoms with E-state index < -0.39 is 6.10 Å². The first-order chi connectivity index (χ1) is 23.2. The zero-order chi connectivity index (χ0) is 34.1. The number of hydrogen-bond acceptors (Lipinski definition) is 4. The van der Waals surface area contributed by atoms with Gasteiger partial charge in [-0.1, -0.05) is 159 Å². The molecule has 0 spiro atoms. The minimum Gasteiger partial charge on any atom is -0.457 e. The zero-order valence-electron chi connectivity index (χ0n) is 31.3. The fourth-order valence-electron chi connectivity index (χ4n) is 5.56. The SMILES string of the molecule is CCCCC/C=C\C/C=C\CCCCCCCCCCCCOCC(CO)OC(=O)CCCCCCC/C=C\C/C=C\CCCCC. The Morgan fingerprint density at radius 3 is 1.32 bits per heavy atom. The number of esters is 1. The summed E-state index contributed by atoms with van der Waals surface area (Å²) in [5.74, 6) is -0.216. The van der Waals surface area contributed by atoms with Gasteiger partial charge in [0, 0.05) is 13.0 Å². The highest BCUT2D eigenvalue weighted by atomic mass is 16.6. The lowest BCUT2D eigenvalue weighted by Gasteiger charge is -2.15. The van der Waals surface area contributed by atoms with Gasteiger partial charge in [0.15, 0.2) is 0 Å². The van der Waals surface area contributed by atoms with Crippen LogP contribution in [0.2, 0.25) is 0 Å². The van der Waals surface area contributed by atoms with E-state index in [1.165, 1.54) is 128 Å². The molecule has 4 heteroatoms. The minimum absolute atomic E-state index is 0.179. The van der Waals surface area contributed by atoms with Gasteiger partial charge in [0.2, 0.25) is 0 Å². The summed E-state index contributed by atoms with van der Waals surface area (Å²) >= 11 is 0. The molecule has 0 aliphatic rings. The highest BCUT2D eigenvalue weighted by Crippen LogP contribution is 2.13. The molecule has 0 aliphatic carbocycles. The third-order valence-corrected chi connectivity index (χ3v) is 8.63. The number of unbranched alkanes of at least 4 members (excludes halogenated alkanes) is 21. The number of aliphatic hydroxyl groups is 1. The van der Waals surface area contributed by atoms with Crippen LogP contribution < -0.4 is 0 Å². The van der Waals surface area contributed by atoms with Crippen LogP contribution in [0, 0.1) is 0 Å². The van der Waals surface area contributed by atoms with Gasteiger partial charge in [-0.15, -0.1) is 0 Å². The molecule has 1 atom stereocenters. The predicted molar refractivity (Wildman–Crippen MR) is 205 cm³/mol. The largest absolute Gasteiger partial charge is 0.457 e. The monoisotopic (exact) mass is 659 g/mol. The molecule has 0 saturated heterocycles. The number of ether oxygens (including phenoxy) is 2. The molecule has 274 valence electrons. The Morgan fingerprint density at radius 2 is 0.894 bits per heavy atom. The Morgan fingerprint density at radius 1 is 0.511 bits per heavy atom. The Hall–Kier alpha value is -1.65. The van der Waals surface area contributed by atoms with Crippen molar-refractivity contribution in [3.63, 3.8) is 0 Å². The highest BCUT2D eigenvalue weighted by Gasteiger charge is 2.13. The van der Waals surface area contributed by atoms with Crippen LogP contribution in [0.3, 0.4) is 0 Å². The molecular formula is C43H78O4. The maximum absolute atomic E-state index is 12.2. The maximum Gasteiger partial charge on any atom is 0.306 e. The molecule has 0 radical (unpaired) electrons. The van der Waals surface area contributed by atoms with Crippen molar-refractivity contribution in [2.24, 2.45) is 0 Å². The third kappa shape index (κ3) is 38.7. The van der Waals surface area contributed by atoms with E-state index in [0.717, 1.165) is 44.9 Å². The number of carbonyl (C=O) groups is 1. The van der Waals surface area contributed by atoms with Crippen molar-refractivity contribution in [1.29, 1.82) is 0 Å². The minimum atomic E-state index is -0.543. The molecule has 0 amide bonds. The fraction of sp³-hybridized carbons (Fsp3) is 0.791. The van der Waals surface area contributed by atoms with Crippen molar-refractivity contribution in [2.45, 2.75) is 200 Å². The van der Waals surface area contributed by atoms with Gasteiger partial charge < -0.3 is 14.6 Å². The molecule has 0 fully saturated rings. The normalized spacial score (nSPS) is 12.8. The van der Waals surface area contributed by atoms with Crippen molar-refractivity contribution in [3.8, 4) is 0 Å². The van der Waals surface area contributed by atoms with Gasteiger partial charge in [0.25, 0.3) is 0 Å². The summed E-state index contributed by atoms with van der Waals surface area (Å²) in [6, 6.07) is 0. The number of allylic oxidation sites excluding steroid dienone is 8. The lowest BCUT2D eigenvalue weighted by molar-refractivity contribution is -0.154. The first-order valence-electron chi connectivity index (χ1n) is 20.2. The first-order valence-corrected chi connectivity index (χ1v) is 20.2. The van der Waals surface area contributed by atoms with E-state index in [2.05, 4.69) is 62.5 Å². The van der Waals surface area contributed by atoms with Crippen LogP contribution in [0.5, 0.6) is 0 Å². The second kappa shape index (κ2) is 40.5. The van der Waals surface area contributed by atoms with Crippen LogP contribution >= 0.6 is 0 Å². The van der Waals surface area contributed by atoms with E-state index in [4.69, 9.17) is 9.47 Å². The summed E-state index contributed by atoms with van der Waals surface area (Å²) in [7, 11) is 0. The number of aliphatic hydroxyl groups excluding tert-OH is 1. The Balaban J connectivity index is 3.45. The van der Waals surface area contributed by atoms with Gasteiger partial charge in [0.1, 0.15) is 6.10 Å². The second-order valence-corrected chi connectivity index (χ2v) is 13.3. The lowest BCUT2D eigenvalue weighted by Crippen LogP contribution is -2.27. The molecule has 1 unspecified atom stereocenters. The van der Waals surface area contributed by atoms with Crippen molar-refractivity contribution in [2.75, 3.05) is 19.8 Å². The summed E-state index contributed by atoms with van der Waals surface area (Å²) < 4.78 is 11.1. The Labute approximate surface area is 292 Å². The van der Waals surface area contributed by atoms with Gasteiger partial charge in [-0.3, -0.25) is 4.79 Å². The average Bonchev–Trinajstić information content (AvgIpc) is 3.08. The summed E-state index contributed by atoms with van der Waals surface area (Å²) in [6.45, 7) is 5.28. The number of hydrogen-bond donors (Lipinski definition) is 1. The van der Waals surface area contributed by atoms with E-state index in [9.17, 15) is 9.90 Å². The molecule has 0 bridgehead atoms. The van der Waals surface area contributed by atoms with Crippen LogP contribution in [0.4, 0.5) is 0 Å². The molecule has 0 heterocycles. The molecule has 0 aliphatic heterocycles. The van der Waals surface area contributed by atoms with Crippen LogP contribution in [-0.2, 0) is 14.3 Å². The Kier molecular flexibility index (Phi) is 39.1. The van der Waals surface area contributed by atoms with E-state index >= 15 is 0 Å². The molecule has 0 rings (SSSR count). The average molecular weight is 659 g/mol. The molecule has 0 aromatic rings. The summed E-state index contributed by atoms with van der Waals surface area (Å²) in [4.78, 5) is 12.2. The highest BCUT2D eigenvalue weighted by molar-refractivity contribution is 5.69. The van der Waals surface area contributed by atoms with Crippen LogP contribution in [0.15, 0.2) is 48.6 Å². The van der Waals surface area contributed by atoms with Gasteiger partial charge in [-0.25, -0.2) is 0 Å². The van der Waals surface area contributed by atoms with E-state index in [-0.39, 0.29) is 19.2 Å². The summed E-state index contributed by atoms with van der Waals surface area (Å²) in [6.07, 6.45) is 51.6. The predicted octanol–water partition coefficient (Wildman–Crippen LogP) is 13.1. The number of rotatable bonds is 37. The van der Waals surface area contributed by atoms with Gasteiger partial charge in [-0.05, 0) is 77.0 Å². The fourth-order valence-corrected chi connectivity index (χ4v) is 5.56. The van der Waals surface area contributed by atoms with Crippen LogP contribution in [0.1, 0.15) is 194 Å². The zero-order valence-corrected chi connectivity index (χ0v) is 31.3. The summed E-state index contributed by atoms with van der Waals surface area (Å²) in [5.41, 5.74) is 0. The molecule has 0 aromatic carbocycles. The quantitative estimate of drug-likeness (QED) is 0.0410. The van der Waals surface area contributed by atoms with Gasteiger partial charge in [0.05, 0.1) is 13.2 Å². The molecular weight excluding hydrogens is 580 g/mol. The van der Waals surface area contributed by atoms with Crippen molar-refractivity contribution < 1.29 is 19.4 Å². The molecule has 47 heavy (non-hydrogen) atoms. The maximum atomic E-state index is 12.2. The molecule has 0 saturated carbocycles. The van der Waals surface area contributed by atoms with E-state index in [1.807, 2.05) is 0 Å². The van der Waals surface area contributed by atoms with Crippen molar-refractivity contribution >= 4 is 5.97 Å². The smallest absolute Gasteiger partial charge is 0.306 e. The third-order valence-electron chi connectivity index (χ3n) is 8.63. The second-order valence-electron chi connectivity index (χ2n) is 13.3.